The first-order valence-corrected chi connectivity index (χ1v) is 19.9. The highest BCUT2D eigenvalue weighted by Gasteiger charge is 2.35. The standard InChI is InChI=1S/C34H52O2Si2/c1-13-16-27(14-2)28-18-15-17-25(23-28)19-20-26-21-22-29(31(33(3,4)5)35-37(9)10)30(24-26)32(34(6,7)8)36-38(11)12/h1,15-18,21-24,31-32,37-38H,14,19-20H2,2-12H3. The highest BCUT2D eigenvalue weighted by molar-refractivity contribution is 6.48. The molecular formula is C34H52O2Si2. The molecule has 0 aliphatic heterocycles. The Balaban J connectivity index is 2.53. The summed E-state index contributed by atoms with van der Waals surface area (Å²) in [7, 11) is -2.54. The molecule has 38 heavy (non-hydrogen) atoms. The summed E-state index contributed by atoms with van der Waals surface area (Å²) >= 11 is 0. The van der Waals surface area contributed by atoms with Gasteiger partial charge in [-0.15, -0.1) is 6.42 Å². The maximum Gasteiger partial charge on any atom is 0.171 e. The summed E-state index contributed by atoms with van der Waals surface area (Å²) in [6.07, 6.45) is 10.4. The summed E-state index contributed by atoms with van der Waals surface area (Å²) < 4.78 is 13.5. The van der Waals surface area contributed by atoms with Crippen molar-refractivity contribution in [2.75, 3.05) is 0 Å². The van der Waals surface area contributed by atoms with Crippen molar-refractivity contribution in [3.63, 3.8) is 0 Å². The average Bonchev–Trinajstić information content (AvgIpc) is 2.81. The smallest absolute Gasteiger partial charge is 0.171 e. The van der Waals surface area contributed by atoms with Crippen LogP contribution in [0, 0.1) is 23.2 Å². The van der Waals surface area contributed by atoms with Crippen LogP contribution in [0.2, 0.25) is 26.2 Å². The molecule has 0 aliphatic rings. The van der Waals surface area contributed by atoms with Gasteiger partial charge in [0.05, 0.1) is 12.2 Å². The Kier molecular flexibility index (Phi) is 11.9. The van der Waals surface area contributed by atoms with Crippen molar-refractivity contribution in [3.8, 4) is 12.3 Å². The van der Waals surface area contributed by atoms with E-state index in [1.165, 1.54) is 33.4 Å². The highest BCUT2D eigenvalue weighted by atomic mass is 28.3. The van der Waals surface area contributed by atoms with Crippen molar-refractivity contribution in [1.29, 1.82) is 0 Å². The molecule has 208 valence electrons. The van der Waals surface area contributed by atoms with Crippen LogP contribution in [0.4, 0.5) is 0 Å². The molecule has 0 heterocycles. The summed E-state index contributed by atoms with van der Waals surface area (Å²) in [5.74, 6) is 2.69. The van der Waals surface area contributed by atoms with Gasteiger partial charge in [-0.05, 0) is 95.7 Å². The molecule has 2 aromatic carbocycles. The molecule has 0 N–H and O–H groups in total. The topological polar surface area (TPSA) is 18.5 Å². The van der Waals surface area contributed by atoms with Gasteiger partial charge in [-0.2, -0.15) is 0 Å². The van der Waals surface area contributed by atoms with Crippen molar-refractivity contribution in [2.24, 2.45) is 10.8 Å². The molecule has 0 radical (unpaired) electrons. The van der Waals surface area contributed by atoms with E-state index in [0.717, 1.165) is 19.3 Å². The molecule has 0 aromatic heterocycles. The molecule has 0 amide bonds. The average molecular weight is 549 g/mol. The zero-order chi connectivity index (χ0) is 28.7. The van der Waals surface area contributed by atoms with E-state index in [9.17, 15) is 0 Å². The third-order valence-corrected chi connectivity index (χ3v) is 8.38. The van der Waals surface area contributed by atoms with E-state index in [2.05, 4.69) is 123 Å². The van der Waals surface area contributed by atoms with Crippen molar-refractivity contribution >= 4 is 23.7 Å². The van der Waals surface area contributed by atoms with Gasteiger partial charge in [-0.25, -0.2) is 0 Å². The van der Waals surface area contributed by atoms with Crippen LogP contribution in [0.15, 0.2) is 48.5 Å². The van der Waals surface area contributed by atoms with E-state index in [0.29, 0.717) is 0 Å². The molecule has 0 aliphatic carbocycles. The van der Waals surface area contributed by atoms with E-state index >= 15 is 0 Å². The van der Waals surface area contributed by atoms with Crippen molar-refractivity contribution in [1.82, 2.24) is 0 Å². The molecule has 0 spiro atoms. The van der Waals surface area contributed by atoms with Crippen molar-refractivity contribution in [2.45, 2.75) is 106 Å². The van der Waals surface area contributed by atoms with Crippen LogP contribution in [0.25, 0.3) is 5.57 Å². The maximum absolute atomic E-state index is 6.78. The Labute approximate surface area is 237 Å². The molecule has 2 atom stereocenters. The highest BCUT2D eigenvalue weighted by Crippen LogP contribution is 2.45. The zero-order valence-electron chi connectivity index (χ0n) is 25.9. The van der Waals surface area contributed by atoms with E-state index in [1.807, 2.05) is 6.08 Å². The first-order valence-electron chi connectivity index (χ1n) is 14.4. The second-order valence-corrected chi connectivity index (χ2v) is 18.0. The summed E-state index contributed by atoms with van der Waals surface area (Å²) in [5.41, 5.74) is 7.71. The van der Waals surface area contributed by atoms with Crippen LogP contribution in [0.3, 0.4) is 0 Å². The minimum absolute atomic E-state index is 0.00540. The summed E-state index contributed by atoms with van der Waals surface area (Å²) in [5, 5.41) is 0. The predicted octanol–water partition coefficient (Wildman–Crippen LogP) is 9.07. The summed E-state index contributed by atoms with van der Waals surface area (Å²) in [6, 6.07) is 15.9. The van der Waals surface area contributed by atoms with Gasteiger partial charge in [0.15, 0.2) is 18.1 Å². The van der Waals surface area contributed by atoms with Gasteiger partial charge >= 0.3 is 0 Å². The number of rotatable bonds is 11. The Bertz CT molecular complexity index is 1110. The van der Waals surface area contributed by atoms with Gasteiger partial charge in [0.2, 0.25) is 0 Å². The van der Waals surface area contributed by atoms with E-state index in [1.54, 1.807) is 0 Å². The van der Waals surface area contributed by atoms with Gasteiger partial charge in [-0.3, -0.25) is 0 Å². The van der Waals surface area contributed by atoms with Crippen LogP contribution in [-0.4, -0.2) is 18.1 Å². The third kappa shape index (κ3) is 9.38. The minimum atomic E-state index is -1.28. The molecule has 0 fully saturated rings. The largest absolute Gasteiger partial charge is 0.413 e. The van der Waals surface area contributed by atoms with Gasteiger partial charge in [0, 0.05) is 0 Å². The fourth-order valence-corrected chi connectivity index (χ4v) is 7.18. The predicted molar refractivity (Wildman–Crippen MR) is 172 cm³/mol. The zero-order valence-corrected chi connectivity index (χ0v) is 28.3. The lowest BCUT2D eigenvalue weighted by atomic mass is 9.77. The van der Waals surface area contributed by atoms with E-state index < -0.39 is 18.1 Å². The van der Waals surface area contributed by atoms with Gasteiger partial charge in [-0.1, -0.05) is 96.9 Å². The number of benzene rings is 2. The van der Waals surface area contributed by atoms with Crippen molar-refractivity contribution in [3.05, 3.63) is 76.4 Å². The van der Waals surface area contributed by atoms with E-state index in [4.69, 9.17) is 15.3 Å². The Hall–Kier alpha value is -1.91. The monoisotopic (exact) mass is 548 g/mol. The molecule has 0 saturated carbocycles. The normalized spacial score (nSPS) is 14.6. The molecule has 2 nitrogen and oxygen atoms in total. The first-order chi connectivity index (χ1) is 17.7. The molecule has 4 heteroatoms. The number of aryl methyl sites for hydroxylation is 2. The molecule has 0 bridgehead atoms. The number of hydrogen-bond acceptors (Lipinski definition) is 2. The lowest BCUT2D eigenvalue weighted by molar-refractivity contribution is 0.0655. The third-order valence-electron chi connectivity index (χ3n) is 6.74. The molecule has 2 aromatic rings. The SMILES string of the molecule is C#CC=C(CC)c1cccc(CCc2ccc(C(O[SiH](C)C)C(C)(C)C)c(C(O[SiH](C)C)C(C)(C)C)c2)c1. The van der Waals surface area contributed by atoms with Crippen LogP contribution < -0.4 is 0 Å². The van der Waals surface area contributed by atoms with E-state index in [-0.39, 0.29) is 23.0 Å². The summed E-state index contributed by atoms with van der Waals surface area (Å²) in [6.45, 7) is 25.0. The second kappa shape index (κ2) is 13.9. The number of terminal acetylenes is 1. The molecule has 2 rings (SSSR count). The maximum atomic E-state index is 6.78. The van der Waals surface area contributed by atoms with Crippen LogP contribution in [0.1, 0.15) is 94.9 Å². The molecular weight excluding hydrogens is 497 g/mol. The summed E-state index contributed by atoms with van der Waals surface area (Å²) in [4.78, 5) is 0. The minimum Gasteiger partial charge on any atom is -0.413 e. The van der Waals surface area contributed by atoms with Gasteiger partial charge < -0.3 is 8.85 Å². The van der Waals surface area contributed by atoms with Crippen LogP contribution in [0.5, 0.6) is 0 Å². The Morgan fingerprint density at radius 2 is 1.34 bits per heavy atom. The number of allylic oxidation sites excluding steroid dienone is 2. The van der Waals surface area contributed by atoms with Gasteiger partial charge in [0.25, 0.3) is 0 Å². The molecule has 2 unspecified atom stereocenters. The van der Waals surface area contributed by atoms with Crippen LogP contribution in [-0.2, 0) is 21.7 Å². The fraction of sp³-hybridized carbons (Fsp3) is 0.529. The Morgan fingerprint density at radius 1 is 0.816 bits per heavy atom. The first kappa shape index (κ1) is 32.3. The second-order valence-electron chi connectivity index (χ2n) is 13.2. The number of hydrogen-bond donors (Lipinski definition) is 0. The quantitative estimate of drug-likeness (QED) is 0.206. The van der Waals surface area contributed by atoms with Crippen LogP contribution >= 0.6 is 0 Å². The lowest BCUT2D eigenvalue weighted by Crippen LogP contribution is -2.31. The molecule has 0 saturated heterocycles. The lowest BCUT2D eigenvalue weighted by Gasteiger charge is -2.39. The fourth-order valence-electron chi connectivity index (χ4n) is 4.98. The van der Waals surface area contributed by atoms with Gasteiger partial charge in [0.1, 0.15) is 0 Å². The Morgan fingerprint density at radius 3 is 1.82 bits per heavy atom. The van der Waals surface area contributed by atoms with Crippen molar-refractivity contribution < 1.29 is 8.85 Å².